The normalized spacial score (nSPS) is 23.7. The van der Waals surface area contributed by atoms with E-state index in [4.69, 9.17) is 9.72 Å². The van der Waals surface area contributed by atoms with Gasteiger partial charge in [0.05, 0.1) is 18.4 Å². The minimum absolute atomic E-state index is 0.0458. The monoisotopic (exact) mass is 439 g/mol. The number of hydrazine groups is 1. The van der Waals surface area contributed by atoms with Gasteiger partial charge in [0.2, 0.25) is 5.91 Å². The van der Waals surface area contributed by atoms with Crippen LogP contribution in [0.1, 0.15) is 24.8 Å². The van der Waals surface area contributed by atoms with E-state index < -0.39 is 5.92 Å². The number of amides is 1. The highest BCUT2D eigenvalue weighted by molar-refractivity contribution is 6.00. The number of nitrogens with zero attached hydrogens (tertiary/aromatic N) is 5. The van der Waals surface area contributed by atoms with Crippen molar-refractivity contribution in [3.63, 3.8) is 0 Å². The summed E-state index contributed by atoms with van der Waals surface area (Å²) in [4.78, 5) is 27.7. The van der Waals surface area contributed by atoms with Crippen molar-refractivity contribution in [3.05, 3.63) is 36.0 Å². The number of rotatable bonds is 5. The Hall–Kier alpha value is -3.11. The summed E-state index contributed by atoms with van der Waals surface area (Å²) in [5.41, 5.74) is 4.16. The molecule has 3 aliphatic rings. The van der Waals surface area contributed by atoms with Gasteiger partial charge >= 0.3 is 5.92 Å². The third-order valence-corrected chi connectivity index (χ3v) is 6.30. The van der Waals surface area contributed by atoms with Gasteiger partial charge < -0.3 is 15.5 Å². The van der Waals surface area contributed by atoms with E-state index in [1.54, 1.807) is 36.3 Å². The van der Waals surface area contributed by atoms with Gasteiger partial charge in [-0.1, -0.05) is 24.3 Å². The van der Waals surface area contributed by atoms with Gasteiger partial charge in [-0.15, -0.1) is 0 Å². The Balaban J connectivity index is 1.48. The number of carbonyl (C=O) groups is 1. The molecule has 4 heterocycles. The van der Waals surface area contributed by atoms with E-state index in [0.29, 0.717) is 40.9 Å². The SMILES string of the molecule is CN1NC=NC1(F)c1ccccc1-c1cnc2c(n1)N(CCC1CCOCC1)C(=O)CN2. The lowest BCUT2D eigenvalue weighted by atomic mass is 9.96. The van der Waals surface area contributed by atoms with Crippen LogP contribution in [-0.2, 0) is 15.4 Å². The van der Waals surface area contributed by atoms with E-state index in [-0.39, 0.29) is 12.5 Å². The van der Waals surface area contributed by atoms with Gasteiger partial charge in [0, 0.05) is 37.9 Å². The molecule has 0 aliphatic carbocycles. The molecule has 10 heteroatoms. The average Bonchev–Trinajstić information content (AvgIpc) is 3.18. The molecule has 168 valence electrons. The van der Waals surface area contributed by atoms with Crippen LogP contribution in [0.4, 0.5) is 16.0 Å². The molecule has 1 aromatic carbocycles. The number of fused-ring (bicyclic) bond motifs is 1. The highest BCUT2D eigenvalue weighted by Crippen LogP contribution is 2.39. The Kier molecular flexibility index (Phi) is 5.48. The molecule has 0 spiro atoms. The third-order valence-electron chi connectivity index (χ3n) is 6.30. The van der Waals surface area contributed by atoms with E-state index in [2.05, 4.69) is 20.7 Å². The summed E-state index contributed by atoms with van der Waals surface area (Å²) in [6, 6.07) is 7.06. The van der Waals surface area contributed by atoms with Gasteiger partial charge in [-0.05, 0) is 25.2 Å². The molecule has 1 amide bonds. The Bertz CT molecular complexity index is 1040. The van der Waals surface area contributed by atoms with Crippen LogP contribution in [0.5, 0.6) is 0 Å². The lowest BCUT2D eigenvalue weighted by Crippen LogP contribution is -2.42. The molecule has 32 heavy (non-hydrogen) atoms. The Morgan fingerprint density at radius 1 is 1.28 bits per heavy atom. The third kappa shape index (κ3) is 3.69. The lowest BCUT2D eigenvalue weighted by molar-refractivity contribution is -0.117. The van der Waals surface area contributed by atoms with E-state index in [1.165, 1.54) is 11.3 Å². The van der Waals surface area contributed by atoms with Crippen LogP contribution < -0.4 is 15.6 Å². The lowest BCUT2D eigenvalue weighted by Gasteiger charge is -2.31. The molecule has 9 nitrogen and oxygen atoms in total. The van der Waals surface area contributed by atoms with Crippen molar-refractivity contribution in [1.82, 2.24) is 20.4 Å². The summed E-state index contributed by atoms with van der Waals surface area (Å²) < 4.78 is 21.2. The maximum atomic E-state index is 15.7. The largest absolute Gasteiger partial charge is 0.381 e. The van der Waals surface area contributed by atoms with Gasteiger partial charge in [0.25, 0.3) is 0 Å². The second kappa shape index (κ2) is 8.44. The average molecular weight is 439 g/mol. The Morgan fingerprint density at radius 2 is 2.09 bits per heavy atom. The van der Waals surface area contributed by atoms with Gasteiger partial charge in [0.1, 0.15) is 6.34 Å². The van der Waals surface area contributed by atoms with Crippen LogP contribution in [0.25, 0.3) is 11.3 Å². The number of hydrogen-bond acceptors (Lipinski definition) is 8. The smallest absolute Gasteiger partial charge is 0.301 e. The number of aliphatic imine (C=N–C) groups is 1. The van der Waals surface area contributed by atoms with Crippen molar-refractivity contribution < 1.29 is 13.9 Å². The second-order valence-corrected chi connectivity index (χ2v) is 8.25. The number of halogens is 1. The van der Waals surface area contributed by atoms with Crippen LogP contribution in [-0.4, -0.2) is 60.6 Å². The first kappa shape index (κ1) is 20.8. The summed E-state index contributed by atoms with van der Waals surface area (Å²) in [5.74, 6) is -0.539. The zero-order valence-electron chi connectivity index (χ0n) is 17.9. The molecule has 1 unspecified atom stereocenters. The van der Waals surface area contributed by atoms with E-state index in [9.17, 15) is 4.79 Å². The van der Waals surface area contributed by atoms with E-state index >= 15 is 4.39 Å². The van der Waals surface area contributed by atoms with Crippen LogP contribution in [0.15, 0.2) is 35.5 Å². The molecular weight excluding hydrogens is 413 g/mol. The summed E-state index contributed by atoms with van der Waals surface area (Å²) in [7, 11) is 1.59. The zero-order chi connectivity index (χ0) is 22.1. The molecule has 3 aliphatic heterocycles. The summed E-state index contributed by atoms with van der Waals surface area (Å²) in [6.45, 7) is 2.30. The molecule has 0 saturated carbocycles. The van der Waals surface area contributed by atoms with Gasteiger partial charge in [-0.3, -0.25) is 9.69 Å². The minimum atomic E-state index is -2.06. The van der Waals surface area contributed by atoms with Crippen molar-refractivity contribution in [3.8, 4) is 11.3 Å². The van der Waals surface area contributed by atoms with Crippen LogP contribution in [0.3, 0.4) is 0 Å². The van der Waals surface area contributed by atoms with Gasteiger partial charge in [-0.25, -0.2) is 15.0 Å². The van der Waals surface area contributed by atoms with Crippen LogP contribution >= 0.6 is 0 Å². The molecule has 2 N–H and O–H groups in total. The predicted molar refractivity (Wildman–Crippen MR) is 119 cm³/mol. The Morgan fingerprint density at radius 3 is 2.88 bits per heavy atom. The number of carbonyl (C=O) groups excluding carboxylic acids is 1. The molecule has 1 fully saturated rings. The van der Waals surface area contributed by atoms with Gasteiger partial charge in [-0.2, -0.15) is 9.40 Å². The second-order valence-electron chi connectivity index (χ2n) is 8.25. The molecule has 2 aromatic rings. The molecule has 1 atom stereocenters. The van der Waals surface area contributed by atoms with E-state index in [1.807, 2.05) is 6.07 Å². The predicted octanol–water partition coefficient (Wildman–Crippen LogP) is 2.28. The summed E-state index contributed by atoms with van der Waals surface area (Å²) in [5, 5.41) is 4.34. The maximum absolute atomic E-state index is 15.7. The highest BCUT2D eigenvalue weighted by atomic mass is 19.2. The van der Waals surface area contributed by atoms with Crippen molar-refractivity contribution >= 4 is 23.9 Å². The molecule has 1 aromatic heterocycles. The van der Waals surface area contributed by atoms with Crippen molar-refractivity contribution in [2.24, 2.45) is 10.9 Å². The number of benzene rings is 1. The number of anilines is 2. The van der Waals surface area contributed by atoms with Crippen LogP contribution in [0, 0.1) is 5.92 Å². The topological polar surface area (TPSA) is 95.0 Å². The van der Waals surface area contributed by atoms with Crippen molar-refractivity contribution in [1.29, 1.82) is 0 Å². The number of aromatic nitrogens is 2. The first-order valence-electron chi connectivity index (χ1n) is 10.9. The fraction of sp³-hybridized carbons (Fsp3) is 0.455. The molecular formula is C22H26FN7O2. The van der Waals surface area contributed by atoms with Crippen molar-refractivity contribution in [2.75, 3.05) is 43.6 Å². The number of hydrogen-bond donors (Lipinski definition) is 2. The standard InChI is InChI=1S/C22H26FN7O2/c1-29-22(23,26-14-27-29)17-5-3-2-4-16(17)18-12-24-20-21(28-18)30(19(31)13-25-20)9-6-15-7-10-32-11-8-15/h2-5,12,14-15H,6-11,13H2,1H3,(H,24,25)(H,26,27). The molecule has 5 rings (SSSR count). The number of nitrogens with one attached hydrogen (secondary N) is 2. The quantitative estimate of drug-likeness (QED) is 0.690. The Labute approximate surface area is 185 Å². The van der Waals surface area contributed by atoms with Crippen LogP contribution in [0.2, 0.25) is 0 Å². The maximum Gasteiger partial charge on any atom is 0.301 e. The summed E-state index contributed by atoms with van der Waals surface area (Å²) >= 11 is 0. The van der Waals surface area contributed by atoms with Gasteiger partial charge in [0.15, 0.2) is 11.6 Å². The van der Waals surface area contributed by atoms with Crippen molar-refractivity contribution in [2.45, 2.75) is 25.2 Å². The van der Waals surface area contributed by atoms with E-state index in [0.717, 1.165) is 32.5 Å². The molecule has 1 saturated heterocycles. The molecule has 0 radical (unpaired) electrons. The first-order chi connectivity index (χ1) is 15.6. The fourth-order valence-electron chi connectivity index (χ4n) is 4.38. The first-order valence-corrected chi connectivity index (χ1v) is 10.9. The molecule has 0 bridgehead atoms. The number of alkyl halides is 1. The minimum Gasteiger partial charge on any atom is -0.381 e. The number of ether oxygens (including phenoxy) is 1. The fourth-order valence-corrected chi connectivity index (χ4v) is 4.38. The summed E-state index contributed by atoms with van der Waals surface area (Å²) in [6.07, 6.45) is 5.83. The highest BCUT2D eigenvalue weighted by Gasteiger charge is 2.41. The zero-order valence-corrected chi connectivity index (χ0v) is 17.9.